The monoisotopic (exact) mass is 291 g/mol. The zero-order chi connectivity index (χ0) is 15.4. The summed E-state index contributed by atoms with van der Waals surface area (Å²) in [7, 11) is 0. The fourth-order valence-corrected chi connectivity index (χ4v) is 2.67. The molecule has 1 unspecified atom stereocenters. The average molecular weight is 291 g/mol. The van der Waals surface area contributed by atoms with Gasteiger partial charge in [0.15, 0.2) is 0 Å². The first-order chi connectivity index (χ1) is 10.0. The number of likely N-dealkylation sites (tertiary alicyclic amines) is 1. The number of nitro benzene ring substituents is 1. The van der Waals surface area contributed by atoms with Crippen molar-refractivity contribution in [3.63, 3.8) is 0 Å². The van der Waals surface area contributed by atoms with Gasteiger partial charge in [-0.15, -0.1) is 0 Å². The summed E-state index contributed by atoms with van der Waals surface area (Å²) in [5.41, 5.74) is 1.50. The zero-order valence-electron chi connectivity index (χ0n) is 12.5. The molecule has 0 spiro atoms. The Balaban J connectivity index is 2.15. The molecule has 0 aliphatic carbocycles. The summed E-state index contributed by atoms with van der Waals surface area (Å²) in [5.74, 6) is 0.606. The molecule has 1 fully saturated rings. The minimum absolute atomic E-state index is 0.0692. The van der Waals surface area contributed by atoms with E-state index in [9.17, 15) is 14.9 Å². The normalized spacial score (nSPS) is 18.1. The van der Waals surface area contributed by atoms with Gasteiger partial charge in [-0.25, -0.2) is 0 Å². The second-order valence-electron chi connectivity index (χ2n) is 5.39. The van der Waals surface area contributed by atoms with Gasteiger partial charge in [-0.05, 0) is 24.5 Å². The minimum atomic E-state index is -0.393. The van der Waals surface area contributed by atoms with Gasteiger partial charge in [-0.1, -0.05) is 19.4 Å². The van der Waals surface area contributed by atoms with Crippen LogP contribution in [0, 0.1) is 16.0 Å². The van der Waals surface area contributed by atoms with Crippen molar-refractivity contribution < 1.29 is 9.72 Å². The molecule has 1 aliphatic rings. The minimum Gasteiger partial charge on any atom is -0.380 e. The third-order valence-corrected chi connectivity index (χ3v) is 3.87. The second kappa shape index (κ2) is 6.56. The van der Waals surface area contributed by atoms with Gasteiger partial charge in [0.25, 0.3) is 5.69 Å². The average Bonchev–Trinajstić information content (AvgIpc) is 2.80. The van der Waals surface area contributed by atoms with E-state index < -0.39 is 4.92 Å². The molecule has 6 heteroatoms. The third kappa shape index (κ3) is 3.51. The lowest BCUT2D eigenvalue weighted by Gasteiger charge is -2.17. The van der Waals surface area contributed by atoms with Crippen molar-refractivity contribution in [2.45, 2.75) is 33.2 Å². The fraction of sp³-hybridized carbons (Fsp3) is 0.533. The largest absolute Gasteiger partial charge is 0.380 e. The summed E-state index contributed by atoms with van der Waals surface area (Å²) < 4.78 is 0. The Kier molecular flexibility index (Phi) is 4.77. The molecule has 21 heavy (non-hydrogen) atoms. The van der Waals surface area contributed by atoms with Gasteiger partial charge >= 0.3 is 0 Å². The highest BCUT2D eigenvalue weighted by molar-refractivity contribution is 5.78. The van der Waals surface area contributed by atoms with E-state index in [-0.39, 0.29) is 11.6 Å². The molecule has 0 aromatic heterocycles. The Morgan fingerprint density at radius 1 is 1.43 bits per heavy atom. The van der Waals surface area contributed by atoms with Gasteiger partial charge in [0.2, 0.25) is 5.91 Å². The van der Waals surface area contributed by atoms with Crippen LogP contribution >= 0.6 is 0 Å². The Labute approximate surface area is 124 Å². The number of nitrogens with one attached hydrogen (secondary N) is 1. The van der Waals surface area contributed by atoms with E-state index in [0.29, 0.717) is 31.1 Å². The maximum atomic E-state index is 11.9. The lowest BCUT2D eigenvalue weighted by atomic mass is 10.1. The van der Waals surface area contributed by atoms with Crippen LogP contribution in [0.25, 0.3) is 0 Å². The fourth-order valence-electron chi connectivity index (χ4n) is 2.67. The number of carbonyl (C=O) groups excluding carboxylic acids is 1. The molecule has 1 atom stereocenters. The number of hydrogen-bond acceptors (Lipinski definition) is 4. The molecule has 1 heterocycles. The SMILES string of the molecule is CCNc1cc(CN2CC(CC)CC2=O)ccc1[N+](=O)[O-]. The topological polar surface area (TPSA) is 75.5 Å². The summed E-state index contributed by atoms with van der Waals surface area (Å²) >= 11 is 0. The van der Waals surface area contributed by atoms with Crippen molar-refractivity contribution in [2.24, 2.45) is 5.92 Å². The van der Waals surface area contributed by atoms with Crippen molar-refractivity contribution in [3.05, 3.63) is 33.9 Å². The van der Waals surface area contributed by atoms with Crippen LogP contribution in [0.5, 0.6) is 0 Å². The summed E-state index contributed by atoms with van der Waals surface area (Å²) in [6.07, 6.45) is 1.62. The predicted molar refractivity (Wildman–Crippen MR) is 81.1 cm³/mol. The van der Waals surface area contributed by atoms with Crippen LogP contribution in [0.4, 0.5) is 11.4 Å². The molecule has 6 nitrogen and oxygen atoms in total. The smallest absolute Gasteiger partial charge is 0.292 e. The van der Waals surface area contributed by atoms with Crippen LogP contribution in [0.1, 0.15) is 32.3 Å². The number of amides is 1. The molecule has 1 N–H and O–H groups in total. The number of nitrogens with zero attached hydrogens (tertiary/aromatic N) is 2. The van der Waals surface area contributed by atoms with E-state index >= 15 is 0 Å². The van der Waals surface area contributed by atoms with Crippen LogP contribution in [-0.2, 0) is 11.3 Å². The molecular weight excluding hydrogens is 270 g/mol. The van der Waals surface area contributed by atoms with Gasteiger partial charge in [-0.3, -0.25) is 14.9 Å². The molecule has 114 valence electrons. The van der Waals surface area contributed by atoms with E-state index in [1.807, 2.05) is 11.8 Å². The van der Waals surface area contributed by atoms with Crippen LogP contribution in [-0.4, -0.2) is 28.8 Å². The predicted octanol–water partition coefficient (Wildman–Crippen LogP) is 2.79. The highest BCUT2D eigenvalue weighted by atomic mass is 16.6. The highest BCUT2D eigenvalue weighted by Gasteiger charge is 2.28. The van der Waals surface area contributed by atoms with Crippen molar-refractivity contribution in [3.8, 4) is 0 Å². The first-order valence-electron chi connectivity index (χ1n) is 7.34. The number of anilines is 1. The quantitative estimate of drug-likeness (QED) is 0.646. The summed E-state index contributed by atoms with van der Waals surface area (Å²) in [5, 5.41) is 14.0. The maximum absolute atomic E-state index is 11.9. The Morgan fingerprint density at radius 2 is 2.19 bits per heavy atom. The lowest BCUT2D eigenvalue weighted by Crippen LogP contribution is -2.24. The standard InChI is InChI=1S/C15H21N3O3/c1-3-11-8-15(19)17(9-11)10-12-5-6-14(18(20)21)13(7-12)16-4-2/h5-7,11,16H,3-4,8-10H2,1-2H3. The Hall–Kier alpha value is -2.11. The van der Waals surface area contributed by atoms with Gasteiger partial charge in [0, 0.05) is 32.1 Å². The van der Waals surface area contributed by atoms with E-state index in [1.54, 1.807) is 12.1 Å². The number of benzene rings is 1. The Bertz CT molecular complexity index is 545. The number of nitro groups is 1. The van der Waals surface area contributed by atoms with Crippen molar-refractivity contribution in [1.29, 1.82) is 0 Å². The van der Waals surface area contributed by atoms with Crippen molar-refractivity contribution in [2.75, 3.05) is 18.4 Å². The summed E-state index contributed by atoms with van der Waals surface area (Å²) in [6, 6.07) is 5.00. The lowest BCUT2D eigenvalue weighted by molar-refractivity contribution is -0.384. The van der Waals surface area contributed by atoms with Crippen LogP contribution in [0.2, 0.25) is 0 Å². The molecule has 1 aliphatic heterocycles. The second-order valence-corrected chi connectivity index (χ2v) is 5.39. The molecule has 0 bridgehead atoms. The number of hydrogen-bond donors (Lipinski definition) is 1. The molecule has 1 amide bonds. The van der Waals surface area contributed by atoms with Crippen molar-refractivity contribution in [1.82, 2.24) is 4.90 Å². The van der Waals surface area contributed by atoms with E-state index in [1.165, 1.54) is 6.07 Å². The molecule has 2 rings (SSSR count). The van der Waals surface area contributed by atoms with E-state index in [4.69, 9.17) is 0 Å². The van der Waals surface area contributed by atoms with Crippen LogP contribution in [0.15, 0.2) is 18.2 Å². The van der Waals surface area contributed by atoms with E-state index in [0.717, 1.165) is 18.5 Å². The molecule has 1 aromatic rings. The van der Waals surface area contributed by atoms with E-state index in [2.05, 4.69) is 12.2 Å². The zero-order valence-corrected chi connectivity index (χ0v) is 12.5. The first-order valence-corrected chi connectivity index (χ1v) is 7.34. The molecule has 1 saturated heterocycles. The molecule has 1 aromatic carbocycles. The highest BCUT2D eigenvalue weighted by Crippen LogP contribution is 2.28. The summed E-state index contributed by atoms with van der Waals surface area (Å²) in [4.78, 5) is 24.4. The van der Waals surface area contributed by atoms with Gasteiger partial charge in [0.1, 0.15) is 5.69 Å². The molecular formula is C15H21N3O3. The number of carbonyl (C=O) groups is 1. The Morgan fingerprint density at radius 3 is 2.76 bits per heavy atom. The third-order valence-electron chi connectivity index (χ3n) is 3.87. The van der Waals surface area contributed by atoms with Crippen LogP contribution in [0.3, 0.4) is 0 Å². The van der Waals surface area contributed by atoms with Crippen LogP contribution < -0.4 is 5.32 Å². The molecule has 0 saturated carbocycles. The van der Waals surface area contributed by atoms with Gasteiger partial charge < -0.3 is 10.2 Å². The number of rotatable bonds is 6. The summed E-state index contributed by atoms with van der Waals surface area (Å²) in [6.45, 7) is 5.91. The first kappa shape index (κ1) is 15.3. The van der Waals surface area contributed by atoms with Gasteiger partial charge in [-0.2, -0.15) is 0 Å². The molecule has 0 radical (unpaired) electrons. The maximum Gasteiger partial charge on any atom is 0.292 e. The van der Waals surface area contributed by atoms with Gasteiger partial charge in [0.05, 0.1) is 4.92 Å². The van der Waals surface area contributed by atoms with Crippen molar-refractivity contribution >= 4 is 17.3 Å².